The smallest absolute Gasteiger partial charge is 0.272 e. The second kappa shape index (κ2) is 5.99. The number of fused-ring (bicyclic) bond motifs is 1. The summed E-state index contributed by atoms with van der Waals surface area (Å²) < 4.78 is 0. The number of carbonyl (C=O) groups excluding carboxylic acids is 1. The topological polar surface area (TPSA) is 58.1 Å². The Hall–Kier alpha value is -2.43. The molecule has 1 amide bonds. The summed E-state index contributed by atoms with van der Waals surface area (Å²) in [5.41, 5.74) is 2.87. The van der Waals surface area contributed by atoms with Crippen LogP contribution in [0.15, 0.2) is 36.7 Å². The zero-order valence-electron chi connectivity index (χ0n) is 13.8. The molecule has 0 saturated heterocycles. The van der Waals surface area contributed by atoms with Crippen molar-refractivity contribution in [2.75, 3.05) is 11.9 Å². The van der Waals surface area contributed by atoms with Crippen LogP contribution < -0.4 is 5.32 Å². The number of amides is 1. The van der Waals surface area contributed by atoms with Crippen LogP contribution in [0, 0.1) is 0 Å². The highest BCUT2D eigenvalue weighted by Gasteiger charge is 2.23. The molecule has 0 fully saturated rings. The predicted molar refractivity (Wildman–Crippen MR) is 90.3 cm³/mol. The van der Waals surface area contributed by atoms with Crippen LogP contribution in [0.1, 0.15) is 42.4 Å². The number of anilines is 1. The molecule has 5 heteroatoms. The minimum Gasteiger partial charge on any atom is -0.365 e. The van der Waals surface area contributed by atoms with Gasteiger partial charge in [0.2, 0.25) is 0 Å². The van der Waals surface area contributed by atoms with Crippen LogP contribution in [-0.2, 0) is 13.0 Å². The molecule has 0 bridgehead atoms. The molecule has 1 aliphatic heterocycles. The lowest BCUT2D eigenvalue weighted by Gasteiger charge is -2.28. The van der Waals surface area contributed by atoms with Gasteiger partial charge in [0, 0.05) is 24.7 Å². The normalized spacial score (nSPS) is 14.3. The average molecular weight is 310 g/mol. The van der Waals surface area contributed by atoms with Crippen molar-refractivity contribution in [3.8, 4) is 0 Å². The first-order valence-corrected chi connectivity index (χ1v) is 7.89. The first-order chi connectivity index (χ1) is 10.9. The molecule has 2 heterocycles. The van der Waals surface area contributed by atoms with Crippen molar-refractivity contribution in [2.45, 2.75) is 39.3 Å². The Morgan fingerprint density at radius 2 is 1.91 bits per heavy atom. The van der Waals surface area contributed by atoms with Gasteiger partial charge in [0.05, 0.1) is 0 Å². The minimum absolute atomic E-state index is 0.0427. The Bertz CT molecular complexity index is 721. The number of rotatable bonds is 2. The summed E-state index contributed by atoms with van der Waals surface area (Å²) in [6, 6.07) is 10.0. The third-order valence-electron chi connectivity index (χ3n) is 3.81. The molecule has 0 unspecified atom stereocenters. The third-order valence-corrected chi connectivity index (χ3v) is 3.81. The summed E-state index contributed by atoms with van der Waals surface area (Å²) in [5, 5.41) is 3.27. The maximum absolute atomic E-state index is 12.7. The van der Waals surface area contributed by atoms with Crippen LogP contribution in [0.3, 0.4) is 0 Å². The van der Waals surface area contributed by atoms with Gasteiger partial charge in [0.1, 0.15) is 17.8 Å². The van der Waals surface area contributed by atoms with Gasteiger partial charge in [-0.3, -0.25) is 4.79 Å². The van der Waals surface area contributed by atoms with E-state index < -0.39 is 0 Å². The molecule has 0 aliphatic carbocycles. The highest BCUT2D eigenvalue weighted by atomic mass is 16.2. The first kappa shape index (κ1) is 15.5. The molecule has 1 aromatic carbocycles. The quantitative estimate of drug-likeness (QED) is 0.926. The van der Waals surface area contributed by atoms with Crippen LogP contribution in [0.25, 0.3) is 0 Å². The number of nitrogens with one attached hydrogen (secondary N) is 1. The summed E-state index contributed by atoms with van der Waals surface area (Å²) in [4.78, 5) is 22.9. The van der Waals surface area contributed by atoms with Gasteiger partial charge in [-0.1, -0.05) is 24.3 Å². The first-order valence-electron chi connectivity index (χ1n) is 7.89. The second-order valence-corrected chi connectivity index (χ2v) is 6.91. The molecule has 0 atom stereocenters. The van der Waals surface area contributed by atoms with Gasteiger partial charge >= 0.3 is 0 Å². The molecular weight excluding hydrogens is 288 g/mol. The van der Waals surface area contributed by atoms with E-state index in [2.05, 4.69) is 48.2 Å². The van der Waals surface area contributed by atoms with Crippen molar-refractivity contribution in [2.24, 2.45) is 0 Å². The van der Waals surface area contributed by atoms with Gasteiger partial charge < -0.3 is 10.2 Å². The maximum atomic E-state index is 12.7. The van der Waals surface area contributed by atoms with E-state index in [1.807, 2.05) is 17.0 Å². The lowest BCUT2D eigenvalue weighted by molar-refractivity contribution is 0.0728. The molecular formula is C18H22N4O. The highest BCUT2D eigenvalue weighted by molar-refractivity contribution is 5.93. The van der Waals surface area contributed by atoms with Crippen LogP contribution in [0.4, 0.5) is 5.82 Å². The number of aromatic nitrogens is 2. The van der Waals surface area contributed by atoms with Crippen LogP contribution in [0.2, 0.25) is 0 Å². The van der Waals surface area contributed by atoms with Gasteiger partial charge in [-0.05, 0) is 38.3 Å². The summed E-state index contributed by atoms with van der Waals surface area (Å²) >= 11 is 0. The van der Waals surface area contributed by atoms with Crippen molar-refractivity contribution in [1.29, 1.82) is 0 Å². The maximum Gasteiger partial charge on any atom is 0.272 e. The van der Waals surface area contributed by atoms with Gasteiger partial charge in [-0.25, -0.2) is 9.97 Å². The molecule has 0 spiro atoms. The van der Waals surface area contributed by atoms with Gasteiger partial charge in [0.15, 0.2) is 0 Å². The second-order valence-electron chi connectivity index (χ2n) is 6.91. The number of nitrogens with zero attached hydrogens (tertiary/aromatic N) is 3. The van der Waals surface area contributed by atoms with Gasteiger partial charge in [0.25, 0.3) is 5.91 Å². The number of hydrogen-bond donors (Lipinski definition) is 1. The van der Waals surface area contributed by atoms with Crippen molar-refractivity contribution in [3.63, 3.8) is 0 Å². The van der Waals surface area contributed by atoms with E-state index in [1.165, 1.54) is 17.5 Å². The number of benzene rings is 1. The Morgan fingerprint density at radius 1 is 1.17 bits per heavy atom. The standard InChI is InChI=1S/C18H22N4O/c1-18(2,3)21-16-10-15(19-12-20-16)17(23)22-9-8-13-6-4-5-7-14(13)11-22/h4-7,10,12H,8-9,11H2,1-3H3,(H,19,20,21). The zero-order valence-corrected chi connectivity index (χ0v) is 13.8. The summed E-state index contributed by atoms with van der Waals surface area (Å²) in [6.07, 6.45) is 2.33. The van der Waals surface area contributed by atoms with Crippen molar-refractivity contribution >= 4 is 11.7 Å². The molecule has 23 heavy (non-hydrogen) atoms. The van der Waals surface area contributed by atoms with Crippen LogP contribution >= 0.6 is 0 Å². The molecule has 5 nitrogen and oxygen atoms in total. The van der Waals surface area contributed by atoms with Crippen LogP contribution in [-0.4, -0.2) is 32.9 Å². The van der Waals surface area contributed by atoms with Gasteiger partial charge in [-0.2, -0.15) is 0 Å². The SMILES string of the molecule is CC(C)(C)Nc1cc(C(=O)N2CCc3ccccc3C2)ncn1. The molecule has 0 radical (unpaired) electrons. The molecule has 3 rings (SSSR count). The van der Waals surface area contributed by atoms with E-state index in [0.29, 0.717) is 18.1 Å². The van der Waals surface area contributed by atoms with E-state index in [0.717, 1.165) is 13.0 Å². The van der Waals surface area contributed by atoms with Gasteiger partial charge in [-0.15, -0.1) is 0 Å². The fourth-order valence-corrected chi connectivity index (χ4v) is 2.76. The lowest BCUT2D eigenvalue weighted by Crippen LogP contribution is -2.36. The van der Waals surface area contributed by atoms with Crippen molar-refractivity contribution in [1.82, 2.24) is 14.9 Å². The molecule has 2 aromatic rings. The van der Waals surface area contributed by atoms with E-state index in [-0.39, 0.29) is 11.4 Å². The minimum atomic E-state index is -0.112. The average Bonchev–Trinajstić information content (AvgIpc) is 2.52. The van der Waals surface area contributed by atoms with Crippen LogP contribution in [0.5, 0.6) is 0 Å². The van der Waals surface area contributed by atoms with E-state index in [4.69, 9.17) is 0 Å². The van der Waals surface area contributed by atoms with E-state index >= 15 is 0 Å². The van der Waals surface area contributed by atoms with E-state index in [9.17, 15) is 4.79 Å². The molecule has 1 aromatic heterocycles. The van der Waals surface area contributed by atoms with E-state index in [1.54, 1.807) is 6.07 Å². The van der Waals surface area contributed by atoms with Crippen molar-refractivity contribution < 1.29 is 4.79 Å². The Morgan fingerprint density at radius 3 is 2.65 bits per heavy atom. The Kier molecular flexibility index (Phi) is 4.03. The molecule has 1 N–H and O–H groups in total. The lowest BCUT2D eigenvalue weighted by atomic mass is 10.00. The number of carbonyl (C=O) groups is 1. The molecule has 1 aliphatic rings. The Labute approximate surface area is 136 Å². The fourth-order valence-electron chi connectivity index (χ4n) is 2.76. The molecule has 0 saturated carbocycles. The molecule has 120 valence electrons. The highest BCUT2D eigenvalue weighted by Crippen LogP contribution is 2.20. The number of hydrogen-bond acceptors (Lipinski definition) is 4. The summed E-state index contributed by atoms with van der Waals surface area (Å²) in [6.45, 7) is 7.53. The largest absolute Gasteiger partial charge is 0.365 e. The Balaban J connectivity index is 1.78. The zero-order chi connectivity index (χ0) is 16.4. The monoisotopic (exact) mass is 310 g/mol. The van der Waals surface area contributed by atoms with Crippen molar-refractivity contribution in [3.05, 3.63) is 53.5 Å². The third kappa shape index (κ3) is 3.67. The predicted octanol–water partition coefficient (Wildman–Crippen LogP) is 2.89. The summed E-state index contributed by atoms with van der Waals surface area (Å²) in [5.74, 6) is 0.632. The summed E-state index contributed by atoms with van der Waals surface area (Å²) in [7, 11) is 0. The fraction of sp³-hybridized carbons (Fsp3) is 0.389.